The van der Waals surface area contributed by atoms with Crippen LogP contribution in [0, 0.1) is 5.92 Å². The van der Waals surface area contributed by atoms with Crippen molar-refractivity contribution in [1.82, 2.24) is 10.6 Å². The SMILES string of the molecule is CC1(C)c2ccccc2C2C=C3C(=CC21)c1cccc(-c2cccc(C4=CC(C5NC(c6ccccc6)=NC(c6ccccc6)N5)=CCC4)c2)c1C31CCCCC1. The molecule has 1 fully saturated rings. The lowest BCUT2D eigenvalue weighted by Crippen LogP contribution is -2.52. The van der Waals surface area contributed by atoms with Gasteiger partial charge in [0.05, 0.1) is 0 Å². The van der Waals surface area contributed by atoms with Crippen LogP contribution in [0.15, 0.2) is 168 Å². The van der Waals surface area contributed by atoms with E-state index in [4.69, 9.17) is 4.99 Å². The van der Waals surface area contributed by atoms with Crippen molar-refractivity contribution >= 4 is 17.0 Å². The van der Waals surface area contributed by atoms with Crippen LogP contribution < -0.4 is 10.6 Å². The van der Waals surface area contributed by atoms with E-state index in [-0.39, 0.29) is 23.2 Å². The molecule has 282 valence electrons. The maximum atomic E-state index is 5.15. The normalized spacial score (nSPS) is 25.1. The minimum absolute atomic E-state index is 0.0636. The van der Waals surface area contributed by atoms with Crippen molar-refractivity contribution in [1.29, 1.82) is 0 Å². The Bertz CT molecular complexity index is 2540. The quantitative estimate of drug-likeness (QED) is 0.188. The molecule has 0 radical (unpaired) electrons. The Morgan fingerprint density at radius 1 is 0.684 bits per heavy atom. The van der Waals surface area contributed by atoms with Crippen LogP contribution in [0.2, 0.25) is 0 Å². The van der Waals surface area contributed by atoms with Crippen LogP contribution in [0.25, 0.3) is 22.3 Å². The van der Waals surface area contributed by atoms with Crippen LogP contribution in [-0.2, 0) is 10.8 Å². The highest BCUT2D eigenvalue weighted by atomic mass is 15.3. The molecule has 0 saturated heterocycles. The average Bonchev–Trinajstić information content (AvgIpc) is 3.67. The molecule has 3 nitrogen and oxygen atoms in total. The number of nitrogens with zero attached hydrogens (tertiary/aromatic N) is 1. The number of hydrogen-bond acceptors (Lipinski definition) is 3. The topological polar surface area (TPSA) is 36.4 Å². The number of rotatable bonds is 5. The van der Waals surface area contributed by atoms with Gasteiger partial charge in [-0.05, 0) is 110 Å². The summed E-state index contributed by atoms with van der Waals surface area (Å²) in [5.74, 6) is 1.84. The molecule has 5 aromatic rings. The van der Waals surface area contributed by atoms with Crippen LogP contribution >= 0.6 is 0 Å². The number of aliphatic imine (C=N–C) groups is 1. The Morgan fingerprint density at radius 2 is 1.40 bits per heavy atom. The Hall–Kier alpha value is -5.51. The summed E-state index contributed by atoms with van der Waals surface area (Å²) < 4.78 is 0. The highest BCUT2D eigenvalue weighted by Gasteiger charge is 2.53. The van der Waals surface area contributed by atoms with E-state index in [0.29, 0.717) is 11.8 Å². The van der Waals surface area contributed by atoms with E-state index in [1.54, 1.807) is 11.1 Å². The molecule has 1 heterocycles. The average molecular weight is 742 g/mol. The lowest BCUT2D eigenvalue weighted by molar-refractivity contribution is 0.346. The lowest BCUT2D eigenvalue weighted by atomic mass is 9.63. The van der Waals surface area contributed by atoms with Gasteiger partial charge in [0.25, 0.3) is 0 Å². The van der Waals surface area contributed by atoms with Gasteiger partial charge >= 0.3 is 0 Å². The fraction of sp³-hybridized carbons (Fsp3) is 0.278. The van der Waals surface area contributed by atoms with Gasteiger partial charge in [-0.15, -0.1) is 0 Å². The minimum Gasteiger partial charge on any atom is -0.350 e. The summed E-state index contributed by atoms with van der Waals surface area (Å²) >= 11 is 0. The number of fused-ring (bicyclic) bond motifs is 8. The fourth-order valence-corrected chi connectivity index (χ4v) is 11.6. The second-order valence-electron chi connectivity index (χ2n) is 17.8. The Balaban J connectivity index is 0.961. The zero-order chi connectivity index (χ0) is 38.1. The monoisotopic (exact) mass is 741 g/mol. The third-order valence-corrected chi connectivity index (χ3v) is 14.3. The molecule has 1 aliphatic heterocycles. The first-order chi connectivity index (χ1) is 28.0. The van der Waals surface area contributed by atoms with Gasteiger partial charge in [-0.25, -0.2) is 4.99 Å². The molecule has 0 bridgehead atoms. The van der Waals surface area contributed by atoms with Gasteiger partial charge in [0, 0.05) is 16.9 Å². The van der Waals surface area contributed by atoms with Crippen molar-refractivity contribution in [3.63, 3.8) is 0 Å². The highest BCUT2D eigenvalue weighted by Crippen LogP contribution is 2.64. The Kier molecular flexibility index (Phi) is 8.26. The van der Waals surface area contributed by atoms with Gasteiger partial charge in [-0.2, -0.15) is 0 Å². The second-order valence-corrected chi connectivity index (χ2v) is 17.8. The third-order valence-electron chi connectivity index (χ3n) is 14.3. The predicted octanol–water partition coefficient (Wildman–Crippen LogP) is 12.4. The van der Waals surface area contributed by atoms with E-state index < -0.39 is 0 Å². The zero-order valence-corrected chi connectivity index (χ0v) is 33.1. The van der Waals surface area contributed by atoms with E-state index >= 15 is 0 Å². The molecular weight excluding hydrogens is 691 g/mol. The molecule has 0 amide bonds. The molecule has 4 atom stereocenters. The Morgan fingerprint density at radius 3 is 2.25 bits per heavy atom. The summed E-state index contributed by atoms with van der Waals surface area (Å²) in [6, 6.07) is 47.1. The summed E-state index contributed by atoms with van der Waals surface area (Å²) in [6.07, 6.45) is 18.5. The van der Waals surface area contributed by atoms with Gasteiger partial charge in [0.15, 0.2) is 0 Å². The van der Waals surface area contributed by atoms with Gasteiger partial charge in [0.1, 0.15) is 18.2 Å². The largest absolute Gasteiger partial charge is 0.350 e. The summed E-state index contributed by atoms with van der Waals surface area (Å²) in [6.45, 7) is 4.94. The van der Waals surface area contributed by atoms with Crippen molar-refractivity contribution in [2.24, 2.45) is 10.9 Å². The number of allylic oxidation sites excluding steroid dienone is 6. The summed E-state index contributed by atoms with van der Waals surface area (Å²) in [4.78, 5) is 5.15. The molecule has 4 unspecified atom stereocenters. The molecule has 0 aromatic heterocycles. The van der Waals surface area contributed by atoms with Gasteiger partial charge in [-0.3, -0.25) is 5.32 Å². The van der Waals surface area contributed by atoms with Crippen molar-refractivity contribution < 1.29 is 0 Å². The predicted molar refractivity (Wildman–Crippen MR) is 236 cm³/mol. The van der Waals surface area contributed by atoms with Crippen molar-refractivity contribution in [3.8, 4) is 11.1 Å². The van der Waals surface area contributed by atoms with Gasteiger partial charge in [-0.1, -0.05) is 179 Å². The Labute approximate surface area is 338 Å². The molecule has 2 N–H and O–H groups in total. The maximum absolute atomic E-state index is 5.15. The van der Waals surface area contributed by atoms with Crippen LogP contribution in [0.3, 0.4) is 0 Å². The molecule has 1 saturated carbocycles. The lowest BCUT2D eigenvalue weighted by Gasteiger charge is -2.40. The molecule has 57 heavy (non-hydrogen) atoms. The number of hydrogen-bond donors (Lipinski definition) is 2. The molecular formula is C54H51N3. The smallest absolute Gasteiger partial charge is 0.131 e. The van der Waals surface area contributed by atoms with Gasteiger partial charge < -0.3 is 5.32 Å². The van der Waals surface area contributed by atoms with E-state index in [1.807, 2.05) is 0 Å². The summed E-state index contributed by atoms with van der Waals surface area (Å²) in [5.41, 5.74) is 18.5. The van der Waals surface area contributed by atoms with Crippen LogP contribution in [-0.4, -0.2) is 12.0 Å². The molecule has 1 spiro atoms. The van der Waals surface area contributed by atoms with E-state index in [0.717, 1.165) is 24.2 Å². The van der Waals surface area contributed by atoms with E-state index in [2.05, 4.69) is 176 Å². The van der Waals surface area contributed by atoms with Gasteiger partial charge in [0.2, 0.25) is 0 Å². The zero-order valence-electron chi connectivity index (χ0n) is 33.1. The number of amidine groups is 1. The van der Waals surface area contributed by atoms with E-state index in [1.165, 1.54) is 87.8 Å². The second kappa shape index (κ2) is 13.6. The van der Waals surface area contributed by atoms with Crippen molar-refractivity contribution in [2.75, 3.05) is 0 Å². The minimum atomic E-state index is -0.141. The van der Waals surface area contributed by atoms with E-state index in [9.17, 15) is 0 Å². The van der Waals surface area contributed by atoms with Crippen LogP contribution in [0.5, 0.6) is 0 Å². The maximum Gasteiger partial charge on any atom is 0.131 e. The first kappa shape index (κ1) is 34.7. The summed E-state index contributed by atoms with van der Waals surface area (Å²) in [5, 5.41) is 7.61. The molecule has 5 aromatic carbocycles. The number of benzene rings is 5. The molecule has 3 heteroatoms. The van der Waals surface area contributed by atoms with Crippen LogP contribution in [0.4, 0.5) is 0 Å². The fourth-order valence-electron chi connectivity index (χ4n) is 11.6. The highest BCUT2D eigenvalue weighted by molar-refractivity contribution is 6.00. The first-order valence-corrected chi connectivity index (χ1v) is 21.4. The first-order valence-electron chi connectivity index (χ1n) is 21.4. The molecule has 6 aliphatic rings. The standard InChI is InChI=1S/C54H51N3/c1-53(2)46-28-11-10-25-42(46)44-34-48-45(33-47(44)53)43-27-16-26-41(49(43)54(48)29-12-5-13-30-54)39-23-14-21-37(31-39)38-22-15-24-40(32-38)52-56-50(35-17-6-3-7-18-35)55-51(57-52)36-19-8-4-9-20-36/h3-4,6-11,14,16-21,23-28,31-34,44,47,50,52,56H,5,12-13,15,22,29-30H2,1-2H3,(H,55,57). The number of nitrogens with one attached hydrogen (secondary N) is 2. The van der Waals surface area contributed by atoms with Crippen LogP contribution in [0.1, 0.15) is 110 Å². The van der Waals surface area contributed by atoms with Crippen molar-refractivity contribution in [3.05, 3.63) is 202 Å². The summed E-state index contributed by atoms with van der Waals surface area (Å²) in [7, 11) is 0. The molecule has 11 rings (SSSR count). The molecule has 5 aliphatic carbocycles. The third kappa shape index (κ3) is 5.61. The van der Waals surface area contributed by atoms with Crippen molar-refractivity contribution in [2.45, 2.75) is 87.9 Å².